The Bertz CT molecular complexity index is 824. The fourth-order valence-corrected chi connectivity index (χ4v) is 5.13. The molecule has 3 saturated heterocycles. The number of carbonyl (C=O) groups excluding carboxylic acids is 2. The number of pyridine rings is 1. The molecule has 0 bridgehead atoms. The second-order valence-corrected chi connectivity index (χ2v) is 8.65. The van der Waals surface area contributed by atoms with E-state index in [0.29, 0.717) is 38.5 Å². The van der Waals surface area contributed by atoms with Crippen LogP contribution < -0.4 is 4.90 Å². The van der Waals surface area contributed by atoms with E-state index in [9.17, 15) is 22.8 Å². The predicted molar refractivity (Wildman–Crippen MR) is 106 cm³/mol. The smallest absolute Gasteiger partial charge is 0.417 e. The van der Waals surface area contributed by atoms with Gasteiger partial charge in [-0.25, -0.2) is 9.78 Å². The average Bonchev–Trinajstić information content (AvgIpc) is 3.08. The van der Waals surface area contributed by atoms with Crippen molar-refractivity contribution >= 4 is 17.8 Å². The van der Waals surface area contributed by atoms with Gasteiger partial charge in [-0.1, -0.05) is 0 Å². The summed E-state index contributed by atoms with van der Waals surface area (Å²) >= 11 is 0. The van der Waals surface area contributed by atoms with E-state index >= 15 is 0 Å². The molecule has 1 spiro atoms. The molecule has 3 fully saturated rings. The first-order valence-electron chi connectivity index (χ1n) is 10.7. The number of ether oxygens (including phenoxy) is 1. The van der Waals surface area contributed by atoms with E-state index in [-0.39, 0.29) is 18.0 Å². The van der Waals surface area contributed by atoms with Crippen LogP contribution in [0.3, 0.4) is 0 Å². The van der Waals surface area contributed by atoms with Crippen LogP contribution in [-0.4, -0.2) is 72.7 Å². The Balaban J connectivity index is 1.42. The zero-order chi connectivity index (χ0) is 22.2. The van der Waals surface area contributed by atoms with E-state index in [1.807, 2.05) is 9.80 Å². The first-order chi connectivity index (χ1) is 14.7. The van der Waals surface area contributed by atoms with Gasteiger partial charge in [0.25, 0.3) is 0 Å². The monoisotopic (exact) mass is 440 g/mol. The normalized spacial score (nSPS) is 25.4. The molecule has 1 aromatic rings. The molecule has 2 amide bonds. The highest BCUT2D eigenvalue weighted by atomic mass is 19.4. The molecule has 0 aromatic carbocycles. The van der Waals surface area contributed by atoms with Gasteiger partial charge in [0.15, 0.2) is 0 Å². The van der Waals surface area contributed by atoms with E-state index in [4.69, 9.17) is 4.74 Å². The molecule has 0 radical (unpaired) electrons. The Kier molecular flexibility index (Phi) is 5.74. The Labute approximate surface area is 179 Å². The van der Waals surface area contributed by atoms with Crippen molar-refractivity contribution in [3.8, 4) is 0 Å². The van der Waals surface area contributed by atoms with Crippen LogP contribution in [0, 0.1) is 5.41 Å². The van der Waals surface area contributed by atoms with Crippen molar-refractivity contribution in [2.24, 2.45) is 5.41 Å². The Morgan fingerprint density at radius 2 is 1.90 bits per heavy atom. The maximum atomic E-state index is 13.4. The third-order valence-electron chi connectivity index (χ3n) is 6.86. The Hall–Kier alpha value is -2.52. The molecule has 0 saturated carbocycles. The number of aromatic nitrogens is 1. The van der Waals surface area contributed by atoms with E-state index < -0.39 is 17.2 Å². The summed E-state index contributed by atoms with van der Waals surface area (Å²) in [7, 11) is 1.36. The van der Waals surface area contributed by atoms with Crippen LogP contribution in [0.2, 0.25) is 0 Å². The lowest BCUT2D eigenvalue weighted by atomic mass is 9.78. The lowest BCUT2D eigenvalue weighted by Crippen LogP contribution is -2.52. The topological polar surface area (TPSA) is 66.0 Å². The van der Waals surface area contributed by atoms with Gasteiger partial charge < -0.3 is 19.4 Å². The summed E-state index contributed by atoms with van der Waals surface area (Å²) in [6.45, 7) is 2.95. The molecule has 31 heavy (non-hydrogen) atoms. The van der Waals surface area contributed by atoms with E-state index in [2.05, 4.69) is 4.98 Å². The number of halogens is 3. The summed E-state index contributed by atoms with van der Waals surface area (Å²) in [6.07, 6.45) is -0.143. The summed E-state index contributed by atoms with van der Waals surface area (Å²) in [5.74, 6) is 0.602. The first kappa shape index (κ1) is 21.7. The molecule has 3 aliphatic rings. The van der Waals surface area contributed by atoms with Crippen molar-refractivity contribution in [1.82, 2.24) is 14.8 Å². The second-order valence-electron chi connectivity index (χ2n) is 8.65. The molecule has 3 aliphatic heterocycles. The zero-order valence-corrected chi connectivity index (χ0v) is 17.5. The number of nitrogens with zero attached hydrogens (tertiary/aromatic N) is 4. The summed E-state index contributed by atoms with van der Waals surface area (Å²) in [5.41, 5.74) is -1.29. The Morgan fingerprint density at radius 1 is 1.16 bits per heavy atom. The molecular formula is C21H27F3N4O3. The van der Waals surface area contributed by atoms with Crippen molar-refractivity contribution in [2.45, 2.75) is 44.3 Å². The van der Waals surface area contributed by atoms with Crippen LogP contribution in [-0.2, 0) is 15.7 Å². The number of amides is 2. The lowest BCUT2D eigenvalue weighted by molar-refractivity contribution is -0.139. The van der Waals surface area contributed by atoms with Gasteiger partial charge in [0.05, 0.1) is 18.1 Å². The minimum atomic E-state index is -4.42. The average molecular weight is 440 g/mol. The predicted octanol–water partition coefficient (Wildman–Crippen LogP) is 3.15. The minimum Gasteiger partial charge on any atom is -0.453 e. The Morgan fingerprint density at radius 3 is 2.52 bits per heavy atom. The highest BCUT2D eigenvalue weighted by Gasteiger charge is 2.51. The molecular weight excluding hydrogens is 413 g/mol. The molecule has 0 unspecified atom stereocenters. The quantitative estimate of drug-likeness (QED) is 0.707. The van der Waals surface area contributed by atoms with Gasteiger partial charge in [-0.2, -0.15) is 13.2 Å². The summed E-state index contributed by atoms with van der Waals surface area (Å²) in [6, 6.07) is 2.54. The van der Waals surface area contributed by atoms with Crippen molar-refractivity contribution in [2.75, 3.05) is 44.7 Å². The molecule has 7 nitrogen and oxygen atoms in total. The number of hydrogen-bond acceptors (Lipinski definition) is 5. The molecule has 0 aliphatic carbocycles. The number of anilines is 1. The van der Waals surface area contributed by atoms with Gasteiger partial charge in [0, 0.05) is 45.0 Å². The third-order valence-corrected chi connectivity index (χ3v) is 6.86. The number of alkyl halides is 3. The minimum absolute atomic E-state index is 0.104. The number of likely N-dealkylation sites (tertiary alicyclic amines) is 2. The highest BCUT2D eigenvalue weighted by Crippen LogP contribution is 2.43. The van der Waals surface area contributed by atoms with E-state index in [1.165, 1.54) is 13.2 Å². The van der Waals surface area contributed by atoms with E-state index in [1.54, 1.807) is 4.90 Å². The summed E-state index contributed by atoms with van der Waals surface area (Å²) in [4.78, 5) is 34.7. The standard InChI is InChI=1S/C21H27F3N4O3/c1-31-19(30)26-10-5-16(6-11-26)28-12-8-20(18(28)29)7-2-9-27(14-20)17-4-3-15(13-25-17)21(22,23)24/h3-4,13,16H,2,5-12,14H2,1H3/t20-/m1/s1. The molecule has 1 atom stereocenters. The van der Waals surface area contributed by atoms with Crippen LogP contribution >= 0.6 is 0 Å². The highest BCUT2D eigenvalue weighted by molar-refractivity contribution is 5.86. The van der Waals surface area contributed by atoms with Gasteiger partial charge in [-0.3, -0.25) is 4.79 Å². The van der Waals surface area contributed by atoms with Crippen LogP contribution in [0.15, 0.2) is 18.3 Å². The van der Waals surface area contributed by atoms with Gasteiger partial charge in [-0.15, -0.1) is 0 Å². The third kappa shape index (κ3) is 4.16. The van der Waals surface area contributed by atoms with Crippen LogP contribution in [0.25, 0.3) is 0 Å². The van der Waals surface area contributed by atoms with Gasteiger partial charge in [0.1, 0.15) is 5.82 Å². The first-order valence-corrected chi connectivity index (χ1v) is 10.7. The van der Waals surface area contributed by atoms with Gasteiger partial charge in [-0.05, 0) is 44.2 Å². The maximum absolute atomic E-state index is 13.4. The van der Waals surface area contributed by atoms with Crippen LogP contribution in [0.1, 0.15) is 37.7 Å². The molecule has 0 N–H and O–H groups in total. The molecule has 10 heteroatoms. The van der Waals surface area contributed by atoms with Crippen molar-refractivity contribution in [1.29, 1.82) is 0 Å². The number of methoxy groups -OCH3 is 1. The van der Waals surface area contributed by atoms with Gasteiger partial charge >= 0.3 is 12.3 Å². The molecule has 4 rings (SSSR count). The number of carbonyl (C=O) groups is 2. The number of piperidine rings is 2. The fourth-order valence-electron chi connectivity index (χ4n) is 5.13. The van der Waals surface area contributed by atoms with E-state index in [0.717, 1.165) is 44.4 Å². The summed E-state index contributed by atoms with van der Waals surface area (Å²) < 4.78 is 43.3. The van der Waals surface area contributed by atoms with Crippen molar-refractivity contribution in [3.63, 3.8) is 0 Å². The molecule has 170 valence electrons. The largest absolute Gasteiger partial charge is 0.453 e. The lowest BCUT2D eigenvalue weighted by Gasteiger charge is -2.41. The van der Waals surface area contributed by atoms with Gasteiger partial charge in [0.2, 0.25) is 5.91 Å². The zero-order valence-electron chi connectivity index (χ0n) is 17.5. The second kappa shape index (κ2) is 8.20. The maximum Gasteiger partial charge on any atom is 0.417 e. The van der Waals surface area contributed by atoms with Crippen LogP contribution in [0.4, 0.5) is 23.8 Å². The SMILES string of the molecule is COC(=O)N1CCC(N2CC[C@@]3(CCCN(c4ccc(C(F)(F)F)cn4)C3)C2=O)CC1. The molecule has 4 heterocycles. The fraction of sp³-hybridized carbons (Fsp3) is 0.667. The van der Waals surface area contributed by atoms with Crippen LogP contribution in [0.5, 0.6) is 0 Å². The van der Waals surface area contributed by atoms with Crippen molar-refractivity contribution < 1.29 is 27.5 Å². The van der Waals surface area contributed by atoms with Crippen molar-refractivity contribution in [3.05, 3.63) is 23.9 Å². The summed E-state index contributed by atoms with van der Waals surface area (Å²) in [5, 5.41) is 0. The molecule has 1 aromatic heterocycles. The number of hydrogen-bond donors (Lipinski definition) is 0. The number of rotatable bonds is 2.